The fraction of sp³-hybridized carbons (Fsp3) is 0.231. The van der Waals surface area contributed by atoms with Crippen LogP contribution in [-0.2, 0) is 14.8 Å². The maximum absolute atomic E-state index is 13.7. The van der Waals surface area contributed by atoms with Crippen molar-refractivity contribution in [3.8, 4) is 17.2 Å². The molecule has 0 heterocycles. The number of sulfonamides is 1. The van der Waals surface area contributed by atoms with Gasteiger partial charge in [-0.05, 0) is 90.5 Å². The molecule has 0 unspecified atom stereocenters. The fourth-order valence-electron chi connectivity index (χ4n) is 3.38. The van der Waals surface area contributed by atoms with Gasteiger partial charge in [-0.2, -0.15) is 5.10 Å². The largest absolute Gasteiger partial charge is 0.494 e. The highest BCUT2D eigenvalue weighted by Crippen LogP contribution is 2.32. The molecule has 3 aromatic carbocycles. The Morgan fingerprint density at radius 2 is 1.70 bits per heavy atom. The molecule has 0 atom stereocenters. The molecule has 196 valence electrons. The molecule has 0 saturated carbocycles. The average molecular weight is 637 g/mol. The molecule has 0 radical (unpaired) electrons. The van der Waals surface area contributed by atoms with Gasteiger partial charge in [-0.1, -0.05) is 12.1 Å². The number of anilines is 1. The molecule has 1 amide bonds. The Kier molecular flexibility index (Phi) is 9.75. The van der Waals surface area contributed by atoms with E-state index in [1.165, 1.54) is 32.4 Å². The lowest BCUT2D eigenvalue weighted by atomic mass is 10.1. The van der Waals surface area contributed by atoms with Crippen LogP contribution in [0.15, 0.2) is 76.7 Å². The maximum Gasteiger partial charge on any atom is 0.264 e. The molecule has 0 fully saturated rings. The second kappa shape index (κ2) is 12.8. The Morgan fingerprint density at radius 1 is 1.00 bits per heavy atom. The number of carbonyl (C=O) groups excluding carboxylic acids is 1. The van der Waals surface area contributed by atoms with Gasteiger partial charge >= 0.3 is 0 Å². The number of nitrogens with one attached hydrogen (secondary N) is 1. The summed E-state index contributed by atoms with van der Waals surface area (Å²) in [6.07, 6.45) is 0. The molecule has 0 saturated heterocycles. The molecule has 11 heteroatoms. The predicted molar refractivity (Wildman–Crippen MR) is 151 cm³/mol. The first kappa shape index (κ1) is 28.3. The summed E-state index contributed by atoms with van der Waals surface area (Å²) < 4.78 is 45.4. The van der Waals surface area contributed by atoms with Gasteiger partial charge in [-0.15, -0.1) is 0 Å². The van der Waals surface area contributed by atoms with E-state index >= 15 is 0 Å². The fourth-order valence-corrected chi connectivity index (χ4v) is 5.36. The molecule has 37 heavy (non-hydrogen) atoms. The van der Waals surface area contributed by atoms with Crippen molar-refractivity contribution in [1.82, 2.24) is 5.43 Å². The lowest BCUT2D eigenvalue weighted by Gasteiger charge is -2.24. The van der Waals surface area contributed by atoms with Crippen molar-refractivity contribution in [2.24, 2.45) is 5.10 Å². The zero-order valence-corrected chi connectivity index (χ0v) is 23.9. The van der Waals surface area contributed by atoms with Crippen LogP contribution in [0.4, 0.5) is 5.69 Å². The smallest absolute Gasteiger partial charge is 0.264 e. The standard InChI is InChI=1S/C26H28IN3O6S/c1-5-36-22-11-9-21(10-12-22)30(37(32,33)23-13-14-24(34-3)25(16-23)35-4)17-26(31)29-28-18(2)19-7-6-8-20(27)15-19/h6-16H,5,17H2,1-4H3,(H,29,31)/b28-18-. The number of hydrazone groups is 1. The summed E-state index contributed by atoms with van der Waals surface area (Å²) in [6.45, 7) is 3.57. The molecule has 3 rings (SSSR count). The van der Waals surface area contributed by atoms with Crippen LogP contribution in [0, 0.1) is 3.57 Å². The minimum absolute atomic E-state index is 0.0645. The molecular formula is C26H28IN3O6S. The van der Waals surface area contributed by atoms with Crippen LogP contribution >= 0.6 is 22.6 Å². The van der Waals surface area contributed by atoms with Crippen molar-refractivity contribution in [2.75, 3.05) is 31.7 Å². The van der Waals surface area contributed by atoms with E-state index in [0.717, 1.165) is 13.4 Å². The quantitative estimate of drug-likeness (QED) is 0.189. The third-order valence-electron chi connectivity index (χ3n) is 5.26. The first-order chi connectivity index (χ1) is 17.7. The molecule has 0 aliphatic carbocycles. The Labute approximate surface area is 230 Å². The maximum atomic E-state index is 13.7. The number of rotatable bonds is 11. The SMILES string of the molecule is CCOc1ccc(N(CC(=O)N/N=C(/C)c2cccc(I)c2)S(=O)(=O)c2ccc(OC)c(OC)c2)cc1. The summed E-state index contributed by atoms with van der Waals surface area (Å²) in [4.78, 5) is 12.8. The molecule has 3 aromatic rings. The van der Waals surface area contributed by atoms with Crippen LogP contribution in [0.5, 0.6) is 17.2 Å². The van der Waals surface area contributed by atoms with E-state index in [1.807, 2.05) is 31.2 Å². The van der Waals surface area contributed by atoms with E-state index in [4.69, 9.17) is 14.2 Å². The number of methoxy groups -OCH3 is 2. The molecule has 0 aliphatic rings. The number of nitrogens with zero attached hydrogens (tertiary/aromatic N) is 2. The minimum Gasteiger partial charge on any atom is -0.494 e. The van der Waals surface area contributed by atoms with Crippen LogP contribution < -0.4 is 23.9 Å². The van der Waals surface area contributed by atoms with E-state index in [0.29, 0.717) is 23.8 Å². The number of hydrogen-bond acceptors (Lipinski definition) is 7. The van der Waals surface area contributed by atoms with E-state index in [1.54, 1.807) is 31.2 Å². The third-order valence-corrected chi connectivity index (χ3v) is 7.70. The lowest BCUT2D eigenvalue weighted by Crippen LogP contribution is -2.39. The Morgan fingerprint density at radius 3 is 2.32 bits per heavy atom. The summed E-state index contributed by atoms with van der Waals surface area (Å²) in [5, 5.41) is 4.16. The Hall–Kier alpha value is -3.32. The molecule has 0 aliphatic heterocycles. The lowest BCUT2D eigenvalue weighted by molar-refractivity contribution is -0.119. The summed E-state index contributed by atoms with van der Waals surface area (Å²) >= 11 is 2.19. The zero-order valence-electron chi connectivity index (χ0n) is 20.9. The molecular weight excluding hydrogens is 609 g/mol. The zero-order chi connectivity index (χ0) is 27.0. The average Bonchev–Trinajstić information content (AvgIpc) is 2.90. The predicted octanol–water partition coefficient (Wildman–Crippen LogP) is 4.44. The summed E-state index contributed by atoms with van der Waals surface area (Å²) in [7, 11) is -1.31. The van der Waals surface area contributed by atoms with E-state index in [2.05, 4.69) is 33.1 Å². The topological polar surface area (TPSA) is 107 Å². The van der Waals surface area contributed by atoms with Crippen molar-refractivity contribution >= 4 is 49.9 Å². The summed E-state index contributed by atoms with van der Waals surface area (Å²) in [6, 6.07) is 18.3. The molecule has 0 spiro atoms. The third kappa shape index (κ3) is 7.13. The van der Waals surface area contributed by atoms with Gasteiger partial charge in [0.05, 0.1) is 37.1 Å². The van der Waals surface area contributed by atoms with Crippen LogP contribution in [0.1, 0.15) is 19.4 Å². The minimum atomic E-state index is -4.18. The summed E-state index contributed by atoms with van der Waals surface area (Å²) in [5.41, 5.74) is 4.18. The molecule has 0 aromatic heterocycles. The first-order valence-electron chi connectivity index (χ1n) is 11.3. The van der Waals surface area contributed by atoms with Gasteiger partial charge < -0.3 is 14.2 Å². The van der Waals surface area contributed by atoms with Gasteiger partial charge in [0.1, 0.15) is 12.3 Å². The van der Waals surface area contributed by atoms with Crippen LogP contribution in [0.25, 0.3) is 0 Å². The van der Waals surface area contributed by atoms with Crippen molar-refractivity contribution < 1.29 is 27.4 Å². The van der Waals surface area contributed by atoms with Crippen LogP contribution in [0.2, 0.25) is 0 Å². The normalized spacial score (nSPS) is 11.5. The molecule has 1 N–H and O–H groups in total. The van der Waals surface area contributed by atoms with Crippen LogP contribution in [-0.4, -0.2) is 47.4 Å². The first-order valence-corrected chi connectivity index (χ1v) is 13.8. The number of halogens is 1. The number of benzene rings is 3. The molecule has 0 bridgehead atoms. The van der Waals surface area contributed by atoms with Gasteiger partial charge in [0.25, 0.3) is 15.9 Å². The molecule has 9 nitrogen and oxygen atoms in total. The highest BCUT2D eigenvalue weighted by Gasteiger charge is 2.28. The Bertz CT molecular complexity index is 1380. The number of amides is 1. The number of ether oxygens (including phenoxy) is 3. The van der Waals surface area contributed by atoms with E-state index in [9.17, 15) is 13.2 Å². The van der Waals surface area contributed by atoms with Crippen molar-refractivity contribution in [3.05, 3.63) is 75.9 Å². The summed E-state index contributed by atoms with van der Waals surface area (Å²) in [5.74, 6) is 0.601. The van der Waals surface area contributed by atoms with Crippen molar-refractivity contribution in [1.29, 1.82) is 0 Å². The second-order valence-corrected chi connectivity index (χ2v) is 10.8. The second-order valence-electron chi connectivity index (χ2n) is 7.70. The van der Waals surface area contributed by atoms with Crippen molar-refractivity contribution in [2.45, 2.75) is 18.7 Å². The van der Waals surface area contributed by atoms with E-state index < -0.39 is 22.5 Å². The highest BCUT2D eigenvalue weighted by molar-refractivity contribution is 14.1. The van der Waals surface area contributed by atoms with E-state index in [-0.39, 0.29) is 16.3 Å². The van der Waals surface area contributed by atoms with Crippen molar-refractivity contribution in [3.63, 3.8) is 0 Å². The highest BCUT2D eigenvalue weighted by atomic mass is 127. The van der Waals surface area contributed by atoms with Gasteiger partial charge in [-0.3, -0.25) is 9.10 Å². The van der Waals surface area contributed by atoms with Gasteiger partial charge in [0.15, 0.2) is 11.5 Å². The van der Waals surface area contributed by atoms with Gasteiger partial charge in [0, 0.05) is 9.64 Å². The van der Waals surface area contributed by atoms with Gasteiger partial charge in [-0.25, -0.2) is 13.8 Å². The van der Waals surface area contributed by atoms with Gasteiger partial charge in [0.2, 0.25) is 0 Å². The number of carbonyl (C=O) groups is 1. The number of hydrogen-bond donors (Lipinski definition) is 1. The van der Waals surface area contributed by atoms with Crippen LogP contribution in [0.3, 0.4) is 0 Å². The Balaban J connectivity index is 1.94. The monoisotopic (exact) mass is 637 g/mol.